The molecule has 1 unspecified atom stereocenters. The zero-order valence-corrected chi connectivity index (χ0v) is 18.3. The smallest absolute Gasteiger partial charge is 0.310 e. The summed E-state index contributed by atoms with van der Waals surface area (Å²) in [5.74, 6) is -0.287. The zero-order valence-electron chi connectivity index (χ0n) is 17.5. The maximum absolute atomic E-state index is 11.7. The lowest BCUT2D eigenvalue weighted by molar-refractivity contribution is -0.139. The van der Waals surface area contributed by atoms with Gasteiger partial charge in [-0.3, -0.25) is 4.79 Å². The molecule has 0 aliphatic carbocycles. The van der Waals surface area contributed by atoms with Crippen molar-refractivity contribution in [2.45, 2.75) is 32.3 Å². The van der Waals surface area contributed by atoms with E-state index in [1.165, 1.54) is 7.11 Å². The molecule has 6 nitrogen and oxygen atoms in total. The Morgan fingerprint density at radius 2 is 2.13 bits per heavy atom. The fraction of sp³-hybridized carbons (Fsp3) is 0.391. The zero-order chi connectivity index (χ0) is 21.3. The Hall–Kier alpha value is -2.57. The number of rotatable bonds is 5. The van der Waals surface area contributed by atoms with E-state index in [2.05, 4.69) is 23.0 Å². The number of piperidine rings is 1. The molecule has 2 aromatic heterocycles. The van der Waals surface area contributed by atoms with Crippen LogP contribution in [0.5, 0.6) is 0 Å². The van der Waals surface area contributed by atoms with Crippen LogP contribution in [0.4, 0.5) is 5.69 Å². The number of anilines is 1. The number of hydrogen-bond acceptors (Lipinski definition) is 5. The fourth-order valence-corrected chi connectivity index (χ4v) is 4.56. The van der Waals surface area contributed by atoms with E-state index in [0.29, 0.717) is 5.02 Å². The molecule has 4 rings (SSSR count). The van der Waals surface area contributed by atoms with Crippen LogP contribution < -0.4 is 4.90 Å². The summed E-state index contributed by atoms with van der Waals surface area (Å²) in [7, 11) is 3.16. The number of aryl methyl sites for hydroxylation is 1. The lowest BCUT2D eigenvalue weighted by Crippen LogP contribution is -2.39. The Kier molecular flexibility index (Phi) is 5.97. The highest BCUT2D eigenvalue weighted by atomic mass is 35.5. The van der Waals surface area contributed by atoms with E-state index in [4.69, 9.17) is 21.1 Å². The van der Waals surface area contributed by atoms with Gasteiger partial charge >= 0.3 is 5.97 Å². The number of hydrogen-bond donors (Lipinski definition) is 0. The van der Waals surface area contributed by atoms with Crippen molar-refractivity contribution in [3.8, 4) is 11.1 Å². The molecule has 30 heavy (non-hydrogen) atoms. The Morgan fingerprint density at radius 1 is 1.30 bits per heavy atom. The van der Waals surface area contributed by atoms with Crippen LogP contribution in [0.2, 0.25) is 5.02 Å². The van der Waals surface area contributed by atoms with E-state index in [1.54, 1.807) is 17.8 Å². The van der Waals surface area contributed by atoms with Gasteiger partial charge in [-0.1, -0.05) is 11.6 Å². The van der Waals surface area contributed by atoms with Gasteiger partial charge in [-0.05, 0) is 55.2 Å². The summed E-state index contributed by atoms with van der Waals surface area (Å²) < 4.78 is 12.1. The minimum absolute atomic E-state index is 0.185. The molecule has 1 fully saturated rings. The Balaban J connectivity index is 1.69. The molecule has 0 N–H and O–H groups in total. The maximum atomic E-state index is 11.7. The summed E-state index contributed by atoms with van der Waals surface area (Å²) in [4.78, 5) is 14.1. The fourth-order valence-electron chi connectivity index (χ4n) is 4.19. The third kappa shape index (κ3) is 4.02. The lowest BCUT2D eigenvalue weighted by Gasteiger charge is -2.34. The number of carbonyl (C=O) groups is 1. The highest BCUT2D eigenvalue weighted by Crippen LogP contribution is 2.36. The molecule has 0 saturated carbocycles. The lowest BCUT2D eigenvalue weighted by atomic mass is 9.98. The van der Waals surface area contributed by atoms with Gasteiger partial charge in [-0.2, -0.15) is 5.10 Å². The van der Waals surface area contributed by atoms with E-state index >= 15 is 0 Å². The molecule has 0 amide bonds. The van der Waals surface area contributed by atoms with Crippen LogP contribution in [-0.2, 0) is 20.7 Å². The second-order valence-electron chi connectivity index (χ2n) is 7.73. The van der Waals surface area contributed by atoms with Crippen LogP contribution in [0.3, 0.4) is 0 Å². The molecule has 1 saturated heterocycles. The number of esters is 1. The Labute approximate surface area is 181 Å². The minimum Gasteiger partial charge on any atom is -0.469 e. The van der Waals surface area contributed by atoms with Crippen molar-refractivity contribution in [3.63, 3.8) is 0 Å². The average molecular weight is 428 g/mol. The van der Waals surface area contributed by atoms with Crippen molar-refractivity contribution in [1.29, 1.82) is 0 Å². The van der Waals surface area contributed by atoms with Crippen molar-refractivity contribution in [2.75, 3.05) is 32.2 Å². The van der Waals surface area contributed by atoms with E-state index < -0.39 is 0 Å². The molecule has 1 atom stereocenters. The highest BCUT2D eigenvalue weighted by Gasteiger charge is 2.21. The normalized spacial score (nSPS) is 16.8. The molecule has 3 aromatic rings. The first-order valence-electron chi connectivity index (χ1n) is 10.1. The van der Waals surface area contributed by atoms with E-state index in [1.807, 2.05) is 24.4 Å². The number of nitrogens with zero attached hydrogens (tertiary/aromatic N) is 3. The summed E-state index contributed by atoms with van der Waals surface area (Å²) in [5.41, 5.74) is 5.92. The molecule has 0 spiro atoms. The molecule has 1 aliphatic rings. The maximum Gasteiger partial charge on any atom is 0.310 e. The quantitative estimate of drug-likeness (QED) is 0.568. The van der Waals surface area contributed by atoms with Crippen LogP contribution >= 0.6 is 11.6 Å². The molecule has 158 valence electrons. The number of methoxy groups -OCH3 is 2. The van der Waals surface area contributed by atoms with E-state index in [0.717, 1.165) is 59.4 Å². The number of ether oxygens (including phenoxy) is 2. The predicted molar refractivity (Wildman–Crippen MR) is 118 cm³/mol. The Morgan fingerprint density at radius 3 is 2.87 bits per heavy atom. The summed E-state index contributed by atoms with van der Waals surface area (Å²) in [6, 6.07) is 8.26. The predicted octanol–water partition coefficient (Wildman–Crippen LogP) is 4.29. The van der Waals surface area contributed by atoms with Gasteiger partial charge in [0.15, 0.2) is 0 Å². The summed E-state index contributed by atoms with van der Waals surface area (Å²) in [6.07, 6.45) is 6.24. The number of benzene rings is 1. The van der Waals surface area contributed by atoms with Gasteiger partial charge in [0, 0.05) is 43.2 Å². The summed E-state index contributed by atoms with van der Waals surface area (Å²) in [6.45, 7) is 3.97. The Bertz CT molecular complexity index is 1060. The molecule has 1 aliphatic heterocycles. The van der Waals surface area contributed by atoms with Crippen molar-refractivity contribution in [2.24, 2.45) is 0 Å². The van der Waals surface area contributed by atoms with Gasteiger partial charge in [0.05, 0.1) is 36.4 Å². The minimum atomic E-state index is -0.287. The summed E-state index contributed by atoms with van der Waals surface area (Å²) >= 11 is 6.78. The molecular weight excluding hydrogens is 402 g/mol. The van der Waals surface area contributed by atoms with Crippen LogP contribution in [0, 0.1) is 6.92 Å². The van der Waals surface area contributed by atoms with Crippen molar-refractivity contribution >= 4 is 28.8 Å². The number of aromatic nitrogens is 2. The van der Waals surface area contributed by atoms with Crippen LogP contribution in [-0.4, -0.2) is 49.0 Å². The van der Waals surface area contributed by atoms with Crippen LogP contribution in [0.1, 0.15) is 24.0 Å². The van der Waals surface area contributed by atoms with Gasteiger partial charge in [0.2, 0.25) is 0 Å². The van der Waals surface area contributed by atoms with E-state index in [-0.39, 0.29) is 18.5 Å². The molecule has 1 aromatic carbocycles. The largest absolute Gasteiger partial charge is 0.469 e. The SMILES string of the molecule is COC(=O)Cc1cnn2ccc(-c3c(C)cc(N4CCCC(OC)C4)cc3Cl)cc12. The summed E-state index contributed by atoms with van der Waals surface area (Å²) in [5, 5.41) is 5.04. The topological polar surface area (TPSA) is 56.1 Å². The monoisotopic (exact) mass is 427 g/mol. The molecule has 7 heteroatoms. The van der Waals surface area contributed by atoms with Crippen molar-refractivity contribution in [1.82, 2.24) is 9.61 Å². The van der Waals surface area contributed by atoms with Gasteiger partial charge in [0.25, 0.3) is 0 Å². The second kappa shape index (κ2) is 8.66. The van der Waals surface area contributed by atoms with Gasteiger partial charge in [-0.15, -0.1) is 0 Å². The molecule has 0 radical (unpaired) electrons. The first kappa shape index (κ1) is 20.7. The number of halogens is 1. The number of fused-ring (bicyclic) bond motifs is 1. The first-order valence-corrected chi connectivity index (χ1v) is 10.5. The van der Waals surface area contributed by atoms with Gasteiger partial charge < -0.3 is 14.4 Å². The second-order valence-corrected chi connectivity index (χ2v) is 8.14. The molecule has 3 heterocycles. The third-order valence-electron chi connectivity index (χ3n) is 5.80. The van der Waals surface area contributed by atoms with Gasteiger partial charge in [0.1, 0.15) is 0 Å². The number of carbonyl (C=O) groups excluding carboxylic acids is 1. The van der Waals surface area contributed by atoms with Crippen LogP contribution in [0.25, 0.3) is 16.6 Å². The standard InChI is InChI=1S/C23H26ClN3O3/c1-15-9-18(26-7-4-5-19(14-26)29-2)12-20(24)23(15)16-6-8-27-21(10-16)17(13-25-27)11-22(28)30-3/h6,8-10,12-13,19H,4-5,7,11,14H2,1-3H3. The number of pyridine rings is 1. The highest BCUT2D eigenvalue weighted by molar-refractivity contribution is 6.33. The van der Waals surface area contributed by atoms with Crippen LogP contribution in [0.15, 0.2) is 36.7 Å². The third-order valence-corrected chi connectivity index (χ3v) is 6.10. The average Bonchev–Trinajstić information content (AvgIpc) is 3.15. The molecular formula is C23H26ClN3O3. The first-order chi connectivity index (χ1) is 14.5. The van der Waals surface area contributed by atoms with Gasteiger partial charge in [-0.25, -0.2) is 4.52 Å². The van der Waals surface area contributed by atoms with Crippen molar-refractivity contribution in [3.05, 3.63) is 52.8 Å². The van der Waals surface area contributed by atoms with E-state index in [9.17, 15) is 4.79 Å². The molecule has 0 bridgehead atoms. The van der Waals surface area contributed by atoms with Crippen molar-refractivity contribution < 1.29 is 14.3 Å².